The van der Waals surface area contributed by atoms with Crippen LogP contribution in [-0.2, 0) is 0 Å². The molecular weight excluding hydrogens is 490 g/mol. The Bertz CT molecular complexity index is 1200. The first-order valence-electron chi connectivity index (χ1n) is 9.72. The molecule has 3 N–H and O–H groups in total. The van der Waals surface area contributed by atoms with Crippen LogP contribution in [0.5, 0.6) is 5.75 Å². The van der Waals surface area contributed by atoms with Gasteiger partial charge in [0.2, 0.25) is 0 Å². The molecule has 3 aromatic rings. The molecule has 0 aliphatic rings. The summed E-state index contributed by atoms with van der Waals surface area (Å²) in [5.74, 6) is -0.307. The molecule has 164 valence electrons. The van der Waals surface area contributed by atoms with Gasteiger partial charge in [-0.3, -0.25) is 14.9 Å². The first kappa shape index (κ1) is 23.4. The molecule has 0 atom stereocenters. The molecule has 0 saturated heterocycles. The quantitative estimate of drug-likeness (QED) is 0.396. The second-order valence-electron chi connectivity index (χ2n) is 7.05. The summed E-state index contributed by atoms with van der Waals surface area (Å²) < 4.78 is 5.98. The number of para-hydroxylation sites is 1. The standard InChI is InChI=1S/C24H22BrN3O3S/c1-14-8-10-17(12-15(14)2)26-22(29)18-6-4-5-7-20(18)27-24(32)28-23(30)19-13-16(25)9-11-21(19)31-3/h4-13H,1-3H3,(H,26,29)(H2,27,28,30,32). The highest BCUT2D eigenvalue weighted by atomic mass is 79.9. The van der Waals surface area contributed by atoms with Crippen LogP contribution in [0.4, 0.5) is 11.4 Å². The maximum absolute atomic E-state index is 12.9. The monoisotopic (exact) mass is 511 g/mol. The minimum Gasteiger partial charge on any atom is -0.496 e. The Morgan fingerprint density at radius 2 is 1.62 bits per heavy atom. The molecule has 3 aromatic carbocycles. The smallest absolute Gasteiger partial charge is 0.261 e. The van der Waals surface area contributed by atoms with Crippen molar-refractivity contribution in [2.24, 2.45) is 0 Å². The summed E-state index contributed by atoms with van der Waals surface area (Å²) in [4.78, 5) is 25.6. The molecule has 2 amide bonds. The van der Waals surface area contributed by atoms with E-state index in [1.807, 2.05) is 32.0 Å². The number of rotatable bonds is 5. The molecule has 0 aliphatic carbocycles. The fourth-order valence-electron chi connectivity index (χ4n) is 2.99. The summed E-state index contributed by atoms with van der Waals surface area (Å²) in [7, 11) is 1.49. The normalized spacial score (nSPS) is 10.2. The summed E-state index contributed by atoms with van der Waals surface area (Å²) in [6, 6.07) is 17.8. The topological polar surface area (TPSA) is 79.5 Å². The van der Waals surface area contributed by atoms with Crippen molar-refractivity contribution >= 4 is 56.4 Å². The fourth-order valence-corrected chi connectivity index (χ4v) is 3.55. The van der Waals surface area contributed by atoms with Gasteiger partial charge >= 0.3 is 0 Å². The molecule has 0 heterocycles. The number of halogens is 1. The van der Waals surface area contributed by atoms with Gasteiger partial charge in [0.25, 0.3) is 11.8 Å². The fraction of sp³-hybridized carbons (Fsp3) is 0.125. The summed E-state index contributed by atoms with van der Waals surface area (Å²) >= 11 is 8.65. The maximum atomic E-state index is 12.9. The molecule has 0 aliphatic heterocycles. The van der Waals surface area contributed by atoms with Crippen molar-refractivity contribution in [1.82, 2.24) is 5.32 Å². The van der Waals surface area contributed by atoms with E-state index in [1.54, 1.807) is 42.5 Å². The predicted octanol–water partition coefficient (Wildman–Crippen LogP) is 5.45. The zero-order valence-corrected chi connectivity index (χ0v) is 20.2. The molecular formula is C24H22BrN3O3S. The van der Waals surface area contributed by atoms with Crippen LogP contribution in [0.15, 0.2) is 65.1 Å². The lowest BCUT2D eigenvalue weighted by molar-refractivity contribution is 0.0973. The van der Waals surface area contributed by atoms with Gasteiger partial charge in [-0.05, 0) is 79.7 Å². The Labute approximate surface area is 200 Å². The molecule has 0 saturated carbocycles. The first-order chi connectivity index (χ1) is 15.3. The zero-order valence-electron chi connectivity index (χ0n) is 17.8. The van der Waals surface area contributed by atoms with Crippen molar-refractivity contribution in [1.29, 1.82) is 0 Å². The average Bonchev–Trinajstić information content (AvgIpc) is 2.76. The Morgan fingerprint density at radius 1 is 0.875 bits per heavy atom. The number of thiocarbonyl (C=S) groups is 1. The number of hydrogen-bond acceptors (Lipinski definition) is 4. The van der Waals surface area contributed by atoms with Crippen LogP contribution < -0.4 is 20.7 Å². The van der Waals surface area contributed by atoms with E-state index < -0.39 is 5.91 Å². The zero-order chi connectivity index (χ0) is 23.3. The number of benzene rings is 3. The lowest BCUT2D eigenvalue weighted by Gasteiger charge is -2.15. The number of anilines is 2. The molecule has 6 nitrogen and oxygen atoms in total. The van der Waals surface area contributed by atoms with Crippen molar-refractivity contribution < 1.29 is 14.3 Å². The van der Waals surface area contributed by atoms with Crippen LogP contribution in [0.3, 0.4) is 0 Å². The largest absolute Gasteiger partial charge is 0.496 e. The molecule has 0 radical (unpaired) electrons. The Hall–Kier alpha value is -3.23. The Balaban J connectivity index is 1.73. The highest BCUT2D eigenvalue weighted by Crippen LogP contribution is 2.23. The van der Waals surface area contributed by atoms with Gasteiger partial charge < -0.3 is 15.4 Å². The third-order valence-corrected chi connectivity index (χ3v) is 5.52. The molecule has 3 rings (SSSR count). The van der Waals surface area contributed by atoms with Gasteiger partial charge in [-0.2, -0.15) is 0 Å². The Morgan fingerprint density at radius 3 is 2.34 bits per heavy atom. The minimum atomic E-state index is -0.433. The number of amides is 2. The number of nitrogens with one attached hydrogen (secondary N) is 3. The van der Waals surface area contributed by atoms with Crippen molar-refractivity contribution in [3.8, 4) is 5.75 Å². The number of aryl methyl sites for hydroxylation is 2. The van der Waals surface area contributed by atoms with E-state index in [9.17, 15) is 9.59 Å². The van der Waals surface area contributed by atoms with Gasteiger partial charge in [-0.15, -0.1) is 0 Å². The van der Waals surface area contributed by atoms with Crippen LogP contribution in [-0.4, -0.2) is 24.0 Å². The first-order valence-corrected chi connectivity index (χ1v) is 10.9. The van der Waals surface area contributed by atoms with Gasteiger partial charge in [0, 0.05) is 10.2 Å². The molecule has 32 heavy (non-hydrogen) atoms. The van der Waals surface area contributed by atoms with Crippen molar-refractivity contribution in [3.05, 3.63) is 87.4 Å². The van der Waals surface area contributed by atoms with Crippen molar-refractivity contribution in [2.45, 2.75) is 13.8 Å². The van der Waals surface area contributed by atoms with E-state index in [-0.39, 0.29) is 11.0 Å². The predicted molar refractivity (Wildman–Crippen MR) is 135 cm³/mol. The van der Waals surface area contributed by atoms with E-state index >= 15 is 0 Å². The molecule has 0 fully saturated rings. The van der Waals surface area contributed by atoms with Gasteiger partial charge in [0.1, 0.15) is 5.75 Å². The molecule has 0 aromatic heterocycles. The van der Waals surface area contributed by atoms with E-state index in [0.29, 0.717) is 28.3 Å². The van der Waals surface area contributed by atoms with Gasteiger partial charge in [-0.1, -0.05) is 34.1 Å². The summed E-state index contributed by atoms with van der Waals surface area (Å²) in [5, 5.41) is 8.52. The number of hydrogen-bond donors (Lipinski definition) is 3. The lowest BCUT2D eigenvalue weighted by Crippen LogP contribution is -2.34. The van der Waals surface area contributed by atoms with E-state index in [4.69, 9.17) is 17.0 Å². The van der Waals surface area contributed by atoms with Crippen LogP contribution in [0, 0.1) is 13.8 Å². The molecule has 8 heteroatoms. The van der Waals surface area contributed by atoms with Gasteiger partial charge in [0.05, 0.1) is 23.9 Å². The van der Waals surface area contributed by atoms with Crippen LogP contribution in [0.1, 0.15) is 31.8 Å². The van der Waals surface area contributed by atoms with Gasteiger partial charge in [-0.25, -0.2) is 0 Å². The average molecular weight is 512 g/mol. The Kier molecular flexibility index (Phi) is 7.61. The molecule has 0 unspecified atom stereocenters. The summed E-state index contributed by atoms with van der Waals surface area (Å²) in [5.41, 5.74) is 4.12. The minimum absolute atomic E-state index is 0.0588. The highest BCUT2D eigenvalue weighted by Gasteiger charge is 2.16. The summed E-state index contributed by atoms with van der Waals surface area (Å²) in [6.07, 6.45) is 0. The maximum Gasteiger partial charge on any atom is 0.261 e. The van der Waals surface area contributed by atoms with Crippen LogP contribution >= 0.6 is 28.1 Å². The number of methoxy groups -OCH3 is 1. The third kappa shape index (κ3) is 5.72. The van der Waals surface area contributed by atoms with Gasteiger partial charge in [0.15, 0.2) is 5.11 Å². The molecule has 0 spiro atoms. The number of ether oxygens (including phenoxy) is 1. The van der Waals surface area contributed by atoms with E-state index in [2.05, 4.69) is 31.9 Å². The SMILES string of the molecule is COc1ccc(Br)cc1C(=O)NC(=S)Nc1ccccc1C(=O)Nc1ccc(C)c(C)c1. The number of carbonyl (C=O) groups is 2. The van der Waals surface area contributed by atoms with E-state index in [0.717, 1.165) is 15.6 Å². The van der Waals surface area contributed by atoms with Crippen molar-refractivity contribution in [2.75, 3.05) is 17.7 Å². The summed E-state index contributed by atoms with van der Waals surface area (Å²) in [6.45, 7) is 4.00. The highest BCUT2D eigenvalue weighted by molar-refractivity contribution is 9.10. The second-order valence-corrected chi connectivity index (χ2v) is 8.38. The number of carbonyl (C=O) groups excluding carboxylic acids is 2. The lowest BCUT2D eigenvalue weighted by atomic mass is 10.1. The molecule has 0 bridgehead atoms. The van der Waals surface area contributed by atoms with E-state index in [1.165, 1.54) is 7.11 Å². The van der Waals surface area contributed by atoms with Crippen LogP contribution in [0.2, 0.25) is 0 Å². The second kappa shape index (κ2) is 10.4. The van der Waals surface area contributed by atoms with Crippen molar-refractivity contribution in [3.63, 3.8) is 0 Å². The third-order valence-electron chi connectivity index (χ3n) is 4.82. The van der Waals surface area contributed by atoms with Crippen LogP contribution in [0.25, 0.3) is 0 Å².